The number of rotatable bonds is 18. The van der Waals surface area contributed by atoms with Crippen LogP contribution in [-0.4, -0.2) is 85.1 Å². The fourth-order valence-corrected chi connectivity index (χ4v) is 9.54. The number of amides is 1. The highest BCUT2D eigenvalue weighted by Gasteiger charge is 2.65. The molecule has 11 heteroatoms. The van der Waals surface area contributed by atoms with E-state index in [1.807, 2.05) is 42.5 Å². The van der Waals surface area contributed by atoms with Crippen LogP contribution in [0.2, 0.25) is 0 Å². The first-order valence-corrected chi connectivity index (χ1v) is 21.5. The van der Waals surface area contributed by atoms with Crippen molar-refractivity contribution >= 4 is 11.8 Å². The van der Waals surface area contributed by atoms with E-state index >= 15 is 0 Å². The number of carbonyl (C=O) groups is 1. The van der Waals surface area contributed by atoms with Crippen LogP contribution in [0.25, 0.3) is 11.1 Å². The Balaban J connectivity index is 1.37. The van der Waals surface area contributed by atoms with E-state index in [4.69, 9.17) is 33.7 Å². The Morgan fingerprint density at radius 2 is 1.71 bits per heavy atom. The van der Waals surface area contributed by atoms with Crippen molar-refractivity contribution in [3.8, 4) is 28.4 Å². The van der Waals surface area contributed by atoms with E-state index in [0.29, 0.717) is 42.4 Å². The van der Waals surface area contributed by atoms with Gasteiger partial charge in [-0.25, -0.2) is 4.79 Å². The van der Waals surface area contributed by atoms with E-state index in [2.05, 4.69) is 43.0 Å². The molecule has 2 N–H and O–H groups in total. The number of allylic oxidation sites excluding steroid dienone is 1. The summed E-state index contributed by atoms with van der Waals surface area (Å²) in [5, 5.41) is 24.7. The number of nitrogens with zero attached hydrogens (tertiary/aromatic N) is 2. The number of benzene rings is 3. The predicted octanol–water partition coefficient (Wildman–Crippen LogP) is 9.39. The first kappa shape index (κ1) is 42.4. The first-order valence-electron chi connectivity index (χ1n) is 21.5. The van der Waals surface area contributed by atoms with Crippen LogP contribution >= 0.6 is 0 Å². The lowest BCUT2D eigenvalue weighted by atomic mass is 9.55. The molecule has 7 atom stereocenters. The van der Waals surface area contributed by atoms with Gasteiger partial charge in [-0.1, -0.05) is 72.6 Å². The van der Waals surface area contributed by atoms with Crippen LogP contribution < -0.4 is 9.47 Å². The van der Waals surface area contributed by atoms with Crippen LogP contribution in [-0.2, 0) is 19.0 Å². The number of hydrogen-bond donors (Lipinski definition) is 2. The standard InChI is InChI=1S/C48H60N2O9/c1-4-28-56-48-43(50(3)47(53)54-5-2)32-41(49-59-44-19-11-14-29-55-44)39-30-35(17-9-12-26-51)38(18-10-13-27-52)45(46(39)48)40-31-37(24-25-42(40)58-48)57-36-22-20-34(21-23-36)33-15-7-6-8-16-33/h4,6-8,15-16,20-25,30-31,35,38,43-46,51-52H,1,5,9-14,17-19,26-29,32H2,2-3H3. The van der Waals surface area contributed by atoms with E-state index in [9.17, 15) is 15.0 Å². The number of oxime groups is 1. The molecule has 7 rings (SSSR count). The van der Waals surface area contributed by atoms with Crippen LogP contribution in [0.4, 0.5) is 4.79 Å². The Labute approximate surface area is 348 Å². The fraction of sp³-hybridized carbons (Fsp3) is 0.500. The van der Waals surface area contributed by atoms with Crippen molar-refractivity contribution in [2.75, 3.05) is 40.1 Å². The zero-order valence-corrected chi connectivity index (χ0v) is 34.5. The lowest BCUT2D eigenvalue weighted by molar-refractivity contribution is -0.254. The molecule has 0 aromatic heterocycles. The second-order valence-corrected chi connectivity index (χ2v) is 16.0. The molecule has 1 saturated carbocycles. The summed E-state index contributed by atoms with van der Waals surface area (Å²) in [6.07, 6.45) is 10.8. The van der Waals surface area contributed by atoms with Gasteiger partial charge >= 0.3 is 6.09 Å². The number of likely N-dealkylation sites (N-methyl/N-ethyl adjacent to an activating group) is 1. The number of carbonyl (C=O) groups excluding carboxylic acids is 1. The number of aliphatic hydroxyl groups is 2. The van der Waals surface area contributed by atoms with Gasteiger partial charge in [0.05, 0.1) is 31.5 Å². The largest absolute Gasteiger partial charge is 0.459 e. The summed E-state index contributed by atoms with van der Waals surface area (Å²) in [5.74, 6) is 0.239. The maximum atomic E-state index is 13.7. The second kappa shape index (κ2) is 20.1. The van der Waals surface area contributed by atoms with E-state index in [0.717, 1.165) is 67.2 Å². The van der Waals surface area contributed by atoms with E-state index in [1.165, 1.54) is 0 Å². The molecule has 2 fully saturated rings. The van der Waals surface area contributed by atoms with Crippen molar-refractivity contribution < 1.29 is 43.5 Å². The van der Waals surface area contributed by atoms with Crippen LogP contribution in [0.3, 0.4) is 0 Å². The maximum absolute atomic E-state index is 13.7. The van der Waals surface area contributed by atoms with Crippen molar-refractivity contribution in [1.82, 2.24) is 4.90 Å². The number of fused-ring (bicyclic) bond motifs is 2. The van der Waals surface area contributed by atoms with Crippen LogP contribution in [0.5, 0.6) is 17.2 Å². The lowest BCUT2D eigenvalue weighted by Gasteiger charge is -2.59. The van der Waals surface area contributed by atoms with Gasteiger partial charge in [-0.15, -0.1) is 6.58 Å². The minimum atomic E-state index is -1.36. The van der Waals surface area contributed by atoms with Crippen molar-refractivity contribution in [3.63, 3.8) is 0 Å². The summed E-state index contributed by atoms with van der Waals surface area (Å²) in [5.41, 5.74) is 4.89. The minimum Gasteiger partial charge on any atom is -0.459 e. The quantitative estimate of drug-likeness (QED) is 0.0734. The SMILES string of the molecule is C=CCOC12Oc3ccc(Oc4ccc(-c5ccccc5)cc4)cc3C3C(CCCCO)C(CCCCO)C=C(C(=NOC4CCCCO4)CC1N(C)C(=O)OCC)C32. The van der Waals surface area contributed by atoms with Crippen LogP contribution in [0, 0.1) is 17.8 Å². The molecule has 1 amide bonds. The molecule has 2 heterocycles. The summed E-state index contributed by atoms with van der Waals surface area (Å²) in [6.45, 7) is 7.02. The third kappa shape index (κ3) is 9.39. The van der Waals surface area contributed by atoms with Gasteiger partial charge in [-0.3, -0.25) is 0 Å². The smallest absolute Gasteiger partial charge is 0.409 e. The van der Waals surface area contributed by atoms with Gasteiger partial charge in [0, 0.05) is 44.6 Å². The minimum absolute atomic E-state index is 0.0826. The van der Waals surface area contributed by atoms with Gasteiger partial charge in [-0.2, -0.15) is 0 Å². The number of hydrogen-bond acceptors (Lipinski definition) is 10. The molecule has 11 nitrogen and oxygen atoms in total. The highest BCUT2D eigenvalue weighted by atomic mass is 16.8. The summed E-state index contributed by atoms with van der Waals surface area (Å²) in [7, 11) is 1.73. The molecule has 7 unspecified atom stereocenters. The van der Waals surface area contributed by atoms with Gasteiger partial charge in [0.1, 0.15) is 23.3 Å². The molecule has 316 valence electrons. The molecule has 2 aliphatic carbocycles. The average Bonchev–Trinajstić information content (AvgIpc) is 3.27. The Kier molecular flexibility index (Phi) is 14.4. The Hall–Kier alpha value is -4.68. The van der Waals surface area contributed by atoms with Gasteiger partial charge in [-0.05, 0) is 104 Å². The van der Waals surface area contributed by atoms with Crippen molar-refractivity contribution in [1.29, 1.82) is 0 Å². The van der Waals surface area contributed by atoms with E-state index in [-0.39, 0.29) is 50.6 Å². The third-order valence-electron chi connectivity index (χ3n) is 12.3. The molecule has 59 heavy (non-hydrogen) atoms. The Bertz CT molecular complexity index is 1910. The number of unbranched alkanes of at least 4 members (excludes halogenated alkanes) is 2. The first-order chi connectivity index (χ1) is 28.9. The zero-order valence-electron chi connectivity index (χ0n) is 34.5. The lowest BCUT2D eigenvalue weighted by Crippen LogP contribution is -2.69. The van der Waals surface area contributed by atoms with E-state index < -0.39 is 30.1 Å². The van der Waals surface area contributed by atoms with Gasteiger partial charge < -0.3 is 43.6 Å². The monoisotopic (exact) mass is 808 g/mol. The second-order valence-electron chi connectivity index (χ2n) is 16.0. The molecule has 0 bridgehead atoms. The molecular formula is C48H60N2O9. The zero-order chi connectivity index (χ0) is 41.2. The van der Waals surface area contributed by atoms with Gasteiger partial charge in [0.15, 0.2) is 0 Å². The topological polar surface area (TPSA) is 129 Å². The molecule has 4 aliphatic rings. The van der Waals surface area contributed by atoms with Crippen molar-refractivity contribution in [3.05, 3.63) is 103 Å². The molecule has 3 aromatic rings. The summed E-state index contributed by atoms with van der Waals surface area (Å²) in [4.78, 5) is 21.5. The van der Waals surface area contributed by atoms with Gasteiger partial charge in [0.2, 0.25) is 12.1 Å². The Morgan fingerprint density at radius 3 is 2.42 bits per heavy atom. The molecule has 0 spiro atoms. The molecule has 0 radical (unpaired) electrons. The highest BCUT2D eigenvalue weighted by molar-refractivity contribution is 6.03. The normalized spacial score (nSPS) is 26.4. The highest BCUT2D eigenvalue weighted by Crippen LogP contribution is 2.62. The molecular weight excluding hydrogens is 749 g/mol. The fourth-order valence-electron chi connectivity index (χ4n) is 9.54. The molecule has 1 saturated heterocycles. The molecule has 2 aliphatic heterocycles. The van der Waals surface area contributed by atoms with E-state index in [1.54, 1.807) is 24.9 Å². The van der Waals surface area contributed by atoms with Crippen LogP contribution in [0.1, 0.15) is 82.6 Å². The van der Waals surface area contributed by atoms with Crippen LogP contribution in [0.15, 0.2) is 102 Å². The van der Waals surface area contributed by atoms with Gasteiger partial charge in [0.25, 0.3) is 0 Å². The predicted molar refractivity (Wildman–Crippen MR) is 226 cm³/mol. The number of aliphatic hydroxyl groups excluding tert-OH is 2. The van der Waals surface area contributed by atoms with Crippen molar-refractivity contribution in [2.45, 2.75) is 95.2 Å². The molecule has 3 aromatic carbocycles. The summed E-state index contributed by atoms with van der Waals surface area (Å²) < 4.78 is 32.3. The van der Waals surface area contributed by atoms with Crippen molar-refractivity contribution in [2.24, 2.45) is 22.9 Å². The summed E-state index contributed by atoms with van der Waals surface area (Å²) >= 11 is 0. The number of ether oxygens (including phenoxy) is 5. The third-order valence-corrected chi connectivity index (χ3v) is 12.3. The average molecular weight is 809 g/mol. The Morgan fingerprint density at radius 1 is 0.966 bits per heavy atom. The maximum Gasteiger partial charge on any atom is 0.409 e. The summed E-state index contributed by atoms with van der Waals surface area (Å²) in [6, 6.07) is 23.6.